The van der Waals surface area contributed by atoms with Crippen LogP contribution >= 0.6 is 15.9 Å². The van der Waals surface area contributed by atoms with Crippen LogP contribution in [-0.2, 0) is 4.79 Å². The van der Waals surface area contributed by atoms with Crippen molar-refractivity contribution < 1.29 is 14.3 Å². The molecule has 4 nitrogen and oxygen atoms in total. The van der Waals surface area contributed by atoms with E-state index < -0.39 is 0 Å². The van der Waals surface area contributed by atoms with Gasteiger partial charge < -0.3 is 14.8 Å². The zero-order valence-electron chi connectivity index (χ0n) is 8.54. The maximum atomic E-state index is 11.1. The molecular formula is C10H12BrNO3. The van der Waals surface area contributed by atoms with Crippen LogP contribution in [0, 0.1) is 0 Å². The minimum atomic E-state index is -0.120. The number of halogens is 1. The largest absolute Gasteiger partial charge is 0.497 e. The standard InChI is InChI=1S/C10H12BrNO3/c1-14-8-3-7(12-10(13)6-11)4-9(5-8)15-2/h3-5H,6H2,1-2H3,(H,12,13). The first-order valence-corrected chi connectivity index (χ1v) is 5.40. The van der Waals surface area contributed by atoms with Gasteiger partial charge in [0.15, 0.2) is 0 Å². The average molecular weight is 274 g/mol. The number of methoxy groups -OCH3 is 2. The van der Waals surface area contributed by atoms with Gasteiger partial charge in [0.05, 0.1) is 19.5 Å². The van der Waals surface area contributed by atoms with Crippen molar-refractivity contribution in [3.63, 3.8) is 0 Å². The third-order valence-electron chi connectivity index (χ3n) is 1.76. The lowest BCUT2D eigenvalue weighted by Gasteiger charge is -2.08. The van der Waals surface area contributed by atoms with Gasteiger partial charge in [0.1, 0.15) is 11.5 Å². The van der Waals surface area contributed by atoms with Crippen LogP contribution in [0.5, 0.6) is 11.5 Å². The summed E-state index contributed by atoms with van der Waals surface area (Å²) in [6.45, 7) is 0. The van der Waals surface area contributed by atoms with Crippen LogP contribution < -0.4 is 14.8 Å². The highest BCUT2D eigenvalue weighted by Gasteiger charge is 2.04. The molecule has 1 N–H and O–H groups in total. The van der Waals surface area contributed by atoms with Crippen molar-refractivity contribution in [2.75, 3.05) is 24.9 Å². The quantitative estimate of drug-likeness (QED) is 0.855. The fourth-order valence-electron chi connectivity index (χ4n) is 1.07. The van der Waals surface area contributed by atoms with E-state index in [0.29, 0.717) is 17.2 Å². The zero-order valence-corrected chi connectivity index (χ0v) is 10.1. The number of carbonyl (C=O) groups excluding carboxylic acids is 1. The summed E-state index contributed by atoms with van der Waals surface area (Å²) < 4.78 is 10.1. The number of ether oxygens (including phenoxy) is 2. The van der Waals surface area contributed by atoms with Crippen molar-refractivity contribution in [3.05, 3.63) is 18.2 Å². The number of benzene rings is 1. The van der Waals surface area contributed by atoms with Crippen LogP contribution in [-0.4, -0.2) is 25.5 Å². The molecule has 0 saturated carbocycles. The van der Waals surface area contributed by atoms with E-state index in [4.69, 9.17) is 9.47 Å². The van der Waals surface area contributed by atoms with E-state index in [2.05, 4.69) is 21.2 Å². The third-order valence-corrected chi connectivity index (χ3v) is 2.27. The second-order valence-corrected chi connectivity index (χ2v) is 3.34. The highest BCUT2D eigenvalue weighted by atomic mass is 79.9. The number of amides is 1. The van der Waals surface area contributed by atoms with E-state index in [1.165, 1.54) is 0 Å². The normalized spacial score (nSPS) is 9.53. The molecule has 82 valence electrons. The molecule has 1 aromatic carbocycles. The van der Waals surface area contributed by atoms with Gasteiger partial charge in [-0.15, -0.1) is 0 Å². The lowest BCUT2D eigenvalue weighted by Crippen LogP contribution is -2.12. The Morgan fingerprint density at radius 2 is 1.80 bits per heavy atom. The Balaban J connectivity index is 2.91. The molecule has 0 aliphatic carbocycles. The molecule has 0 fully saturated rings. The first-order chi connectivity index (χ1) is 7.19. The third kappa shape index (κ3) is 3.43. The van der Waals surface area contributed by atoms with Gasteiger partial charge in [-0.3, -0.25) is 4.79 Å². The predicted octanol–water partition coefficient (Wildman–Crippen LogP) is 2.04. The molecule has 0 spiro atoms. The molecule has 0 atom stereocenters. The minimum Gasteiger partial charge on any atom is -0.497 e. The monoisotopic (exact) mass is 273 g/mol. The van der Waals surface area contributed by atoms with E-state index in [0.717, 1.165) is 0 Å². The zero-order chi connectivity index (χ0) is 11.3. The Hall–Kier alpha value is -1.23. The van der Waals surface area contributed by atoms with Crippen molar-refractivity contribution in [1.29, 1.82) is 0 Å². The highest BCUT2D eigenvalue weighted by Crippen LogP contribution is 2.25. The molecule has 0 aliphatic rings. The van der Waals surface area contributed by atoms with Gasteiger partial charge >= 0.3 is 0 Å². The van der Waals surface area contributed by atoms with Gasteiger partial charge in [0.25, 0.3) is 0 Å². The summed E-state index contributed by atoms with van der Waals surface area (Å²) in [5.74, 6) is 1.16. The van der Waals surface area contributed by atoms with Crippen molar-refractivity contribution in [3.8, 4) is 11.5 Å². The van der Waals surface area contributed by atoms with Gasteiger partial charge in [-0.1, -0.05) is 15.9 Å². The highest BCUT2D eigenvalue weighted by molar-refractivity contribution is 9.09. The Labute approximate surface area is 96.7 Å². The lowest BCUT2D eigenvalue weighted by atomic mass is 10.2. The number of nitrogens with one attached hydrogen (secondary N) is 1. The van der Waals surface area contributed by atoms with Crippen LogP contribution in [0.3, 0.4) is 0 Å². The number of rotatable bonds is 4. The molecular weight excluding hydrogens is 262 g/mol. The van der Waals surface area contributed by atoms with Crippen LogP contribution in [0.1, 0.15) is 0 Å². The van der Waals surface area contributed by atoms with Crippen LogP contribution in [0.4, 0.5) is 5.69 Å². The summed E-state index contributed by atoms with van der Waals surface area (Å²) in [5.41, 5.74) is 0.649. The number of hydrogen-bond acceptors (Lipinski definition) is 3. The molecule has 1 amide bonds. The van der Waals surface area contributed by atoms with Gasteiger partial charge in [0, 0.05) is 23.9 Å². The molecule has 15 heavy (non-hydrogen) atoms. The van der Waals surface area contributed by atoms with Crippen molar-refractivity contribution in [2.24, 2.45) is 0 Å². The molecule has 0 radical (unpaired) electrons. The van der Waals surface area contributed by atoms with Gasteiger partial charge in [-0.2, -0.15) is 0 Å². The summed E-state index contributed by atoms with van der Waals surface area (Å²) in [7, 11) is 3.12. The molecule has 1 aromatic rings. The van der Waals surface area contributed by atoms with Gasteiger partial charge in [0.2, 0.25) is 5.91 Å². The van der Waals surface area contributed by atoms with E-state index in [-0.39, 0.29) is 11.2 Å². The fraction of sp³-hybridized carbons (Fsp3) is 0.300. The topological polar surface area (TPSA) is 47.6 Å². The number of anilines is 1. The Kier molecular flexibility index (Phi) is 4.42. The maximum absolute atomic E-state index is 11.1. The molecule has 1 rings (SSSR count). The second-order valence-electron chi connectivity index (χ2n) is 2.78. The minimum absolute atomic E-state index is 0.120. The Bertz CT molecular complexity index is 332. The predicted molar refractivity (Wildman–Crippen MR) is 62.0 cm³/mol. The molecule has 0 heterocycles. The molecule has 0 bridgehead atoms. The second kappa shape index (κ2) is 5.60. The van der Waals surface area contributed by atoms with Crippen LogP contribution in [0.2, 0.25) is 0 Å². The summed E-state index contributed by atoms with van der Waals surface area (Å²) in [6, 6.07) is 5.19. The maximum Gasteiger partial charge on any atom is 0.235 e. The van der Waals surface area contributed by atoms with Crippen molar-refractivity contribution >= 4 is 27.5 Å². The van der Waals surface area contributed by atoms with Gasteiger partial charge in [-0.25, -0.2) is 0 Å². The van der Waals surface area contributed by atoms with E-state index >= 15 is 0 Å². The van der Waals surface area contributed by atoms with Crippen molar-refractivity contribution in [2.45, 2.75) is 0 Å². The van der Waals surface area contributed by atoms with Crippen LogP contribution in [0.25, 0.3) is 0 Å². The summed E-state index contributed by atoms with van der Waals surface area (Å²) in [4.78, 5) is 11.1. The lowest BCUT2D eigenvalue weighted by molar-refractivity contribution is -0.113. The van der Waals surface area contributed by atoms with E-state index in [1.807, 2.05) is 0 Å². The number of alkyl halides is 1. The summed E-state index contributed by atoms with van der Waals surface area (Å²) in [6.07, 6.45) is 0. The van der Waals surface area contributed by atoms with Crippen LogP contribution in [0.15, 0.2) is 18.2 Å². The molecule has 0 saturated heterocycles. The fourth-order valence-corrected chi connectivity index (χ4v) is 1.21. The first kappa shape index (κ1) is 11.8. The number of carbonyl (C=O) groups is 1. The summed E-state index contributed by atoms with van der Waals surface area (Å²) >= 11 is 3.07. The summed E-state index contributed by atoms with van der Waals surface area (Å²) in [5, 5.41) is 2.95. The SMILES string of the molecule is COc1cc(NC(=O)CBr)cc(OC)c1. The Morgan fingerprint density at radius 3 is 2.20 bits per heavy atom. The molecule has 5 heteroatoms. The molecule has 0 aliphatic heterocycles. The van der Waals surface area contributed by atoms with E-state index in [1.54, 1.807) is 32.4 Å². The van der Waals surface area contributed by atoms with Crippen molar-refractivity contribution in [1.82, 2.24) is 0 Å². The van der Waals surface area contributed by atoms with Gasteiger partial charge in [-0.05, 0) is 0 Å². The Morgan fingerprint density at radius 1 is 1.27 bits per heavy atom. The number of hydrogen-bond donors (Lipinski definition) is 1. The average Bonchev–Trinajstić information content (AvgIpc) is 2.28. The first-order valence-electron chi connectivity index (χ1n) is 4.28. The smallest absolute Gasteiger partial charge is 0.235 e. The molecule has 0 unspecified atom stereocenters. The molecule has 0 aromatic heterocycles. The van der Waals surface area contributed by atoms with E-state index in [9.17, 15) is 4.79 Å².